The Morgan fingerprint density at radius 3 is 2.45 bits per heavy atom. The first-order chi connectivity index (χ1) is 14.0. The van der Waals surface area contributed by atoms with Crippen molar-refractivity contribution in [2.24, 2.45) is 0 Å². The summed E-state index contributed by atoms with van der Waals surface area (Å²) in [6, 6.07) is 12.6. The third kappa shape index (κ3) is 4.68. The van der Waals surface area contributed by atoms with Crippen molar-refractivity contribution < 1.29 is 32.1 Å². The molecule has 2 aromatic carbocycles. The van der Waals surface area contributed by atoms with Crippen molar-refractivity contribution in [1.82, 2.24) is 9.97 Å². The van der Waals surface area contributed by atoms with Crippen LogP contribution in [0, 0.1) is 0 Å². The highest BCUT2D eigenvalue weighted by Gasteiger charge is 2.31. The van der Waals surface area contributed by atoms with Crippen LogP contribution in [-0.2, 0) is 0 Å². The third-order valence-corrected chi connectivity index (χ3v) is 4.00. The van der Waals surface area contributed by atoms with Crippen LogP contribution in [0.5, 0.6) is 23.1 Å². The van der Waals surface area contributed by atoms with E-state index in [1.807, 2.05) is 18.2 Å². The predicted molar refractivity (Wildman–Crippen MR) is 96.0 cm³/mol. The van der Waals surface area contributed by atoms with E-state index in [-0.39, 0.29) is 24.3 Å². The van der Waals surface area contributed by atoms with Crippen LogP contribution in [0.1, 0.15) is 0 Å². The van der Waals surface area contributed by atoms with Gasteiger partial charge in [-0.05, 0) is 36.4 Å². The number of benzene rings is 2. The molecule has 0 amide bonds. The average molecular weight is 404 g/mol. The zero-order valence-corrected chi connectivity index (χ0v) is 14.9. The van der Waals surface area contributed by atoms with Crippen molar-refractivity contribution in [3.63, 3.8) is 0 Å². The monoisotopic (exact) mass is 404 g/mol. The first-order valence-corrected chi connectivity index (χ1v) is 8.66. The van der Waals surface area contributed by atoms with Crippen LogP contribution in [0.15, 0.2) is 60.9 Å². The predicted octanol–water partition coefficient (Wildman–Crippen LogP) is 4.26. The van der Waals surface area contributed by atoms with Crippen LogP contribution >= 0.6 is 0 Å². The molecule has 0 aliphatic carbocycles. The first-order valence-electron chi connectivity index (χ1n) is 8.66. The van der Waals surface area contributed by atoms with Crippen molar-refractivity contribution in [1.29, 1.82) is 0 Å². The number of hydrogen-bond donors (Lipinski definition) is 0. The zero-order valence-electron chi connectivity index (χ0n) is 14.9. The number of nitrogens with zero attached hydrogens (tertiary/aromatic N) is 2. The minimum Gasteiger partial charge on any atom is -0.486 e. The Bertz CT molecular complexity index is 980. The summed E-state index contributed by atoms with van der Waals surface area (Å²) >= 11 is 0. The second-order valence-corrected chi connectivity index (χ2v) is 6.09. The SMILES string of the molecule is FC(F)(F)Oc1ccc(-c2nccnc2OCC2COc3ccccc3O2)cc1. The smallest absolute Gasteiger partial charge is 0.486 e. The molecule has 9 heteroatoms. The maximum absolute atomic E-state index is 12.3. The molecule has 29 heavy (non-hydrogen) atoms. The Hall–Kier alpha value is -3.49. The van der Waals surface area contributed by atoms with Gasteiger partial charge in [-0.25, -0.2) is 9.97 Å². The summed E-state index contributed by atoms with van der Waals surface area (Å²) in [5.74, 6) is 1.22. The highest BCUT2D eigenvalue weighted by molar-refractivity contribution is 5.64. The normalized spacial score (nSPS) is 15.6. The maximum atomic E-state index is 12.3. The molecule has 1 unspecified atom stereocenters. The van der Waals surface area contributed by atoms with E-state index in [4.69, 9.17) is 14.2 Å². The fourth-order valence-electron chi connectivity index (χ4n) is 2.76. The van der Waals surface area contributed by atoms with Crippen LogP contribution in [0.25, 0.3) is 11.3 Å². The van der Waals surface area contributed by atoms with Gasteiger partial charge in [0.15, 0.2) is 17.6 Å². The molecule has 3 aromatic rings. The van der Waals surface area contributed by atoms with Gasteiger partial charge in [0, 0.05) is 18.0 Å². The molecule has 2 heterocycles. The Balaban J connectivity index is 1.45. The highest BCUT2D eigenvalue weighted by Crippen LogP contribution is 2.32. The molecule has 4 rings (SSSR count). The van der Waals surface area contributed by atoms with Gasteiger partial charge in [0.25, 0.3) is 0 Å². The number of para-hydroxylation sites is 2. The standard InChI is InChI=1S/C20H15F3N2O4/c21-20(22,23)29-14-7-5-13(6-8-14)18-19(25-10-9-24-18)27-12-15-11-26-16-3-1-2-4-17(16)28-15/h1-10,15H,11-12H2. The van der Waals surface area contributed by atoms with Crippen LogP contribution in [-0.4, -0.2) is 35.6 Å². The Kier molecular flexibility index (Phi) is 5.11. The number of aromatic nitrogens is 2. The van der Waals surface area contributed by atoms with Crippen LogP contribution in [0.4, 0.5) is 13.2 Å². The molecule has 0 bridgehead atoms. The quantitative estimate of drug-likeness (QED) is 0.633. The van der Waals surface area contributed by atoms with Gasteiger partial charge < -0.3 is 18.9 Å². The van der Waals surface area contributed by atoms with Gasteiger partial charge in [-0.3, -0.25) is 0 Å². The van der Waals surface area contributed by atoms with E-state index in [1.165, 1.54) is 36.7 Å². The van der Waals surface area contributed by atoms with Crippen molar-refractivity contribution in [3.05, 3.63) is 60.9 Å². The minimum absolute atomic E-state index is 0.162. The van der Waals surface area contributed by atoms with Crippen molar-refractivity contribution in [2.75, 3.05) is 13.2 Å². The van der Waals surface area contributed by atoms with E-state index >= 15 is 0 Å². The summed E-state index contributed by atoms with van der Waals surface area (Å²) in [6.07, 6.45) is -2.16. The molecule has 6 nitrogen and oxygen atoms in total. The zero-order chi connectivity index (χ0) is 20.3. The average Bonchev–Trinajstić information content (AvgIpc) is 2.72. The van der Waals surface area contributed by atoms with Crippen LogP contribution in [0.2, 0.25) is 0 Å². The van der Waals surface area contributed by atoms with Gasteiger partial charge in [0.2, 0.25) is 5.88 Å². The number of alkyl halides is 3. The fraction of sp³-hybridized carbons (Fsp3) is 0.200. The Morgan fingerprint density at radius 2 is 1.69 bits per heavy atom. The van der Waals surface area contributed by atoms with E-state index in [9.17, 15) is 13.2 Å². The topological polar surface area (TPSA) is 62.7 Å². The Labute approximate surface area is 163 Å². The van der Waals surface area contributed by atoms with Crippen LogP contribution < -0.4 is 18.9 Å². The molecule has 1 aromatic heterocycles. The number of fused-ring (bicyclic) bond motifs is 1. The second kappa shape index (κ2) is 7.86. The van der Waals surface area contributed by atoms with E-state index in [0.29, 0.717) is 29.4 Å². The lowest BCUT2D eigenvalue weighted by Gasteiger charge is -2.26. The number of ether oxygens (including phenoxy) is 4. The summed E-state index contributed by atoms with van der Waals surface area (Å²) in [5, 5.41) is 0. The third-order valence-electron chi connectivity index (χ3n) is 4.00. The van der Waals surface area contributed by atoms with E-state index in [0.717, 1.165) is 0 Å². The molecule has 0 fully saturated rings. The Morgan fingerprint density at radius 1 is 0.966 bits per heavy atom. The second-order valence-electron chi connectivity index (χ2n) is 6.09. The highest BCUT2D eigenvalue weighted by atomic mass is 19.4. The van der Waals surface area contributed by atoms with Gasteiger partial charge in [-0.15, -0.1) is 13.2 Å². The minimum atomic E-state index is -4.75. The number of rotatable bonds is 5. The molecular weight excluding hydrogens is 389 g/mol. The lowest BCUT2D eigenvalue weighted by molar-refractivity contribution is -0.274. The first kappa shape index (κ1) is 18.9. The molecule has 0 saturated carbocycles. The molecule has 0 N–H and O–H groups in total. The molecule has 1 aliphatic rings. The van der Waals surface area contributed by atoms with Gasteiger partial charge in [-0.1, -0.05) is 12.1 Å². The molecule has 1 aliphatic heterocycles. The van der Waals surface area contributed by atoms with E-state index in [2.05, 4.69) is 14.7 Å². The van der Waals surface area contributed by atoms with Gasteiger partial charge >= 0.3 is 6.36 Å². The molecule has 0 radical (unpaired) electrons. The molecule has 1 atom stereocenters. The van der Waals surface area contributed by atoms with E-state index < -0.39 is 6.36 Å². The van der Waals surface area contributed by atoms with Gasteiger partial charge in [0.05, 0.1) is 0 Å². The summed E-state index contributed by atoms with van der Waals surface area (Å²) in [4.78, 5) is 8.40. The number of halogens is 3. The van der Waals surface area contributed by atoms with Crippen molar-refractivity contribution in [3.8, 4) is 34.4 Å². The fourth-order valence-corrected chi connectivity index (χ4v) is 2.76. The lowest BCUT2D eigenvalue weighted by Crippen LogP contribution is -2.34. The summed E-state index contributed by atoms with van der Waals surface area (Å²) in [7, 11) is 0. The van der Waals surface area contributed by atoms with Gasteiger partial charge in [-0.2, -0.15) is 0 Å². The maximum Gasteiger partial charge on any atom is 0.573 e. The van der Waals surface area contributed by atoms with Crippen molar-refractivity contribution in [2.45, 2.75) is 12.5 Å². The summed E-state index contributed by atoms with van der Waals surface area (Å²) in [5.41, 5.74) is 0.928. The van der Waals surface area contributed by atoms with Gasteiger partial charge in [0.1, 0.15) is 24.7 Å². The number of hydrogen-bond acceptors (Lipinski definition) is 6. The summed E-state index contributed by atoms with van der Waals surface area (Å²) in [6.45, 7) is 0.478. The van der Waals surface area contributed by atoms with Crippen molar-refractivity contribution >= 4 is 0 Å². The molecular formula is C20H15F3N2O4. The molecule has 0 saturated heterocycles. The molecule has 150 valence electrons. The largest absolute Gasteiger partial charge is 0.573 e. The summed E-state index contributed by atoms with van der Waals surface area (Å²) < 4.78 is 58.1. The molecule has 0 spiro atoms. The van der Waals surface area contributed by atoms with Crippen LogP contribution in [0.3, 0.4) is 0 Å². The van der Waals surface area contributed by atoms with E-state index in [1.54, 1.807) is 6.07 Å². The lowest BCUT2D eigenvalue weighted by atomic mass is 10.1.